The van der Waals surface area contributed by atoms with Crippen molar-refractivity contribution in [2.75, 3.05) is 62.7 Å². The molecule has 0 spiro atoms. The summed E-state index contributed by atoms with van der Waals surface area (Å²) in [7, 11) is 5.15. The van der Waals surface area contributed by atoms with Crippen molar-refractivity contribution in [3.8, 4) is 11.5 Å². The lowest BCUT2D eigenvalue weighted by atomic mass is 9.89. The Morgan fingerprint density at radius 2 is 1.96 bits per heavy atom. The molecule has 1 amide bonds. The van der Waals surface area contributed by atoms with Gasteiger partial charge in [-0.05, 0) is 42.7 Å². The Labute approximate surface area is 260 Å². The van der Waals surface area contributed by atoms with Crippen molar-refractivity contribution in [1.29, 1.82) is 0 Å². The molecule has 45 heavy (non-hydrogen) atoms. The third-order valence-corrected chi connectivity index (χ3v) is 8.73. The largest absolute Gasteiger partial charge is 0.497 e. The maximum atomic E-state index is 16.2. The van der Waals surface area contributed by atoms with E-state index in [1.54, 1.807) is 20.3 Å². The standard InChI is InChI=1S/C32H36FN7O5/c1-38(16-20-4-5-21(42-2)14-27(20)43-3)25-15-28-35-23-12-19(13-24(29(23)33)39-8-10-44-11-9-39)17-45-26-7-6-22(26)36-32(41)40-18-34-30(25)31(40)37-28/h4-5,12-15,18,22,26H,6-11,16-17H2,1-3H3,(H,35,37)(H,36,41)/t22-,26-/m1/s1. The number of imidazole rings is 1. The molecule has 2 aromatic carbocycles. The number of nitrogens with zero attached hydrogens (tertiary/aromatic N) is 5. The van der Waals surface area contributed by atoms with Crippen LogP contribution < -0.4 is 29.9 Å². The van der Waals surface area contributed by atoms with Gasteiger partial charge in [0, 0.05) is 44.4 Å². The van der Waals surface area contributed by atoms with Crippen molar-refractivity contribution in [1.82, 2.24) is 19.9 Å². The van der Waals surface area contributed by atoms with Gasteiger partial charge in [0.25, 0.3) is 0 Å². The Balaban J connectivity index is 1.33. The highest BCUT2D eigenvalue weighted by atomic mass is 19.1. The van der Waals surface area contributed by atoms with E-state index in [0.29, 0.717) is 72.7 Å². The number of pyridine rings is 1. The number of hydrogen-bond donors (Lipinski definition) is 2. The van der Waals surface area contributed by atoms with Gasteiger partial charge in [0.1, 0.15) is 29.2 Å². The van der Waals surface area contributed by atoms with Gasteiger partial charge in [0.2, 0.25) is 0 Å². The molecule has 0 unspecified atom stereocenters. The van der Waals surface area contributed by atoms with Gasteiger partial charge in [-0.1, -0.05) is 0 Å². The Morgan fingerprint density at radius 1 is 1.11 bits per heavy atom. The molecule has 7 rings (SSSR count). The lowest BCUT2D eigenvalue weighted by molar-refractivity contribution is -0.0323. The van der Waals surface area contributed by atoms with Crippen molar-refractivity contribution in [2.24, 2.45) is 0 Å². The van der Waals surface area contributed by atoms with Crippen molar-refractivity contribution in [3.63, 3.8) is 0 Å². The molecule has 12 nitrogen and oxygen atoms in total. The second-order valence-electron chi connectivity index (χ2n) is 11.5. The summed E-state index contributed by atoms with van der Waals surface area (Å²) >= 11 is 0. The zero-order valence-electron chi connectivity index (χ0n) is 25.5. The molecule has 236 valence electrons. The van der Waals surface area contributed by atoms with Crippen LogP contribution in [0.15, 0.2) is 42.7 Å². The number of morpholine rings is 1. The highest BCUT2D eigenvalue weighted by Crippen LogP contribution is 2.36. The molecule has 13 heteroatoms. The normalized spacial score (nSPS) is 19.6. The molecule has 4 bridgehead atoms. The lowest BCUT2D eigenvalue weighted by Crippen LogP contribution is -2.52. The zero-order valence-corrected chi connectivity index (χ0v) is 25.5. The first-order valence-corrected chi connectivity index (χ1v) is 15.1. The number of halogens is 1. The minimum atomic E-state index is -0.389. The summed E-state index contributed by atoms with van der Waals surface area (Å²) in [4.78, 5) is 26.9. The molecular formula is C32H36FN7O5. The van der Waals surface area contributed by atoms with Gasteiger partial charge in [-0.3, -0.25) is 0 Å². The molecule has 0 radical (unpaired) electrons. The van der Waals surface area contributed by atoms with Crippen LogP contribution in [0.4, 0.5) is 32.1 Å². The highest BCUT2D eigenvalue weighted by molar-refractivity contribution is 5.95. The molecular weight excluding hydrogens is 581 g/mol. The highest BCUT2D eigenvalue weighted by Gasteiger charge is 2.34. The average molecular weight is 618 g/mol. The Morgan fingerprint density at radius 3 is 2.71 bits per heavy atom. The maximum absolute atomic E-state index is 16.2. The maximum Gasteiger partial charge on any atom is 0.328 e. The van der Waals surface area contributed by atoms with Gasteiger partial charge in [-0.2, -0.15) is 0 Å². The number of aromatic nitrogens is 3. The first-order valence-electron chi connectivity index (χ1n) is 15.1. The second-order valence-corrected chi connectivity index (χ2v) is 11.5. The predicted molar refractivity (Wildman–Crippen MR) is 167 cm³/mol. The molecule has 4 heterocycles. The number of anilines is 4. The van der Waals surface area contributed by atoms with Crippen LogP contribution in [0.5, 0.6) is 11.5 Å². The summed E-state index contributed by atoms with van der Waals surface area (Å²) in [5.74, 6) is 1.34. The Hall–Kier alpha value is -4.62. The number of hydrogen-bond acceptors (Lipinski definition) is 10. The molecule has 2 N–H and O–H groups in total. The number of carbonyl (C=O) groups excluding carboxylic acids is 1. The Kier molecular flexibility index (Phi) is 7.80. The summed E-state index contributed by atoms with van der Waals surface area (Å²) in [6.45, 7) is 2.97. The molecule has 2 aromatic heterocycles. The number of fused-ring (bicyclic) bond motifs is 4. The van der Waals surface area contributed by atoms with Gasteiger partial charge >= 0.3 is 6.03 Å². The molecule has 1 saturated carbocycles. The van der Waals surface area contributed by atoms with Crippen LogP contribution in [-0.2, 0) is 22.6 Å². The molecule has 4 aromatic rings. The fraction of sp³-hybridized carbons (Fsp3) is 0.406. The monoisotopic (exact) mass is 617 g/mol. The quantitative estimate of drug-likeness (QED) is 0.322. The van der Waals surface area contributed by atoms with E-state index < -0.39 is 0 Å². The fourth-order valence-corrected chi connectivity index (χ4v) is 6.08. The van der Waals surface area contributed by atoms with Gasteiger partial charge in [0.05, 0.1) is 63.2 Å². The van der Waals surface area contributed by atoms with Crippen LogP contribution in [0.1, 0.15) is 24.0 Å². The van der Waals surface area contributed by atoms with Crippen LogP contribution in [0.2, 0.25) is 0 Å². The van der Waals surface area contributed by atoms with Gasteiger partial charge in [-0.15, -0.1) is 0 Å². The van der Waals surface area contributed by atoms with E-state index in [2.05, 4.69) is 15.6 Å². The second kappa shape index (κ2) is 12.1. The van der Waals surface area contributed by atoms with Gasteiger partial charge in [-0.25, -0.2) is 23.7 Å². The lowest BCUT2D eigenvalue weighted by Gasteiger charge is -2.37. The SMILES string of the molecule is COc1ccc(CN(C)c2cc3nc4c2ncn4C(=O)N[C@@H]2CC[C@H]2OCc2cc(c(F)c(N4CCOCC4)c2)N3)c(OC)c1. The number of rotatable bonds is 6. The average Bonchev–Trinajstić information content (AvgIpc) is 3.48. The zero-order chi connectivity index (χ0) is 31.1. The van der Waals surface area contributed by atoms with E-state index in [4.69, 9.17) is 23.9 Å². The summed E-state index contributed by atoms with van der Waals surface area (Å²) in [5.41, 5.74) is 4.08. The minimum Gasteiger partial charge on any atom is -0.497 e. The van der Waals surface area contributed by atoms with Crippen molar-refractivity contribution in [3.05, 3.63) is 59.7 Å². The van der Waals surface area contributed by atoms with Crippen LogP contribution >= 0.6 is 0 Å². The van der Waals surface area contributed by atoms with Crippen LogP contribution in [-0.4, -0.2) is 80.3 Å². The summed E-state index contributed by atoms with van der Waals surface area (Å²) in [6.07, 6.45) is 2.95. The first kappa shape index (κ1) is 29.1. The van der Waals surface area contributed by atoms with Crippen LogP contribution in [0.3, 0.4) is 0 Å². The Bertz CT molecular complexity index is 1740. The smallest absolute Gasteiger partial charge is 0.328 e. The number of ether oxygens (including phenoxy) is 4. The van der Waals surface area contributed by atoms with Gasteiger partial charge in [0.15, 0.2) is 11.5 Å². The number of benzene rings is 2. The summed E-state index contributed by atoms with van der Waals surface area (Å²) < 4.78 is 40.4. The first-order chi connectivity index (χ1) is 21.9. The molecule has 1 saturated heterocycles. The van der Waals surface area contributed by atoms with E-state index in [9.17, 15) is 4.79 Å². The van der Waals surface area contributed by atoms with E-state index in [0.717, 1.165) is 24.0 Å². The van der Waals surface area contributed by atoms with Gasteiger partial charge < -0.3 is 39.4 Å². The van der Waals surface area contributed by atoms with E-state index in [1.807, 2.05) is 47.2 Å². The summed E-state index contributed by atoms with van der Waals surface area (Å²) in [6, 6.07) is 10.6. The van der Waals surface area contributed by atoms with E-state index in [1.165, 1.54) is 10.9 Å². The molecule has 2 aliphatic heterocycles. The molecule has 1 aliphatic carbocycles. The number of amides is 1. The minimum absolute atomic E-state index is 0.148. The molecule has 2 fully saturated rings. The molecule has 3 aliphatic rings. The third-order valence-electron chi connectivity index (χ3n) is 8.73. The number of methoxy groups -OCH3 is 2. The van der Waals surface area contributed by atoms with Crippen molar-refractivity contribution in [2.45, 2.75) is 38.1 Å². The van der Waals surface area contributed by atoms with Crippen LogP contribution in [0.25, 0.3) is 11.2 Å². The van der Waals surface area contributed by atoms with Crippen molar-refractivity contribution >= 4 is 40.1 Å². The van der Waals surface area contributed by atoms with Crippen molar-refractivity contribution < 1.29 is 28.1 Å². The van der Waals surface area contributed by atoms with Crippen LogP contribution in [0, 0.1) is 5.82 Å². The number of nitrogens with one attached hydrogen (secondary N) is 2. The predicted octanol–water partition coefficient (Wildman–Crippen LogP) is 4.42. The number of carbonyl (C=O) groups is 1. The topological polar surface area (TPSA) is 115 Å². The van der Waals surface area contributed by atoms with E-state index >= 15 is 4.39 Å². The molecule has 2 atom stereocenters. The fourth-order valence-electron chi connectivity index (χ4n) is 6.08. The third kappa shape index (κ3) is 5.57. The summed E-state index contributed by atoms with van der Waals surface area (Å²) in [5, 5.41) is 6.32. The van der Waals surface area contributed by atoms with E-state index in [-0.39, 0.29) is 36.3 Å².